The van der Waals surface area contributed by atoms with E-state index in [4.69, 9.17) is 62.8 Å². The second kappa shape index (κ2) is 16.6. The van der Waals surface area contributed by atoms with Gasteiger partial charge >= 0.3 is 0 Å². The highest BCUT2D eigenvalue weighted by Crippen LogP contribution is 2.34. The summed E-state index contributed by atoms with van der Waals surface area (Å²) in [7, 11) is 0. The molecule has 0 bridgehead atoms. The van der Waals surface area contributed by atoms with Crippen LogP contribution in [0.2, 0.25) is 0 Å². The first-order valence-electron chi connectivity index (χ1n) is 16.7. The number of rotatable bonds is 11. The standard InChI is InChI=1S/C28H54N8O13/c29-5-11-17(38)19(40)14(33)26(44-11)47-22-9(32)4-8(31)16(37)24(22)49-28-21(42)23(13(46-28)7-36-25(43)10-2-1-3-35-10)48-27-15(34)20(41)18(39)12(6-30)45-27/h8-24,26-28,35,37-42H,1-7,29-34H2,(H,36,43)/t8-,9+,10-,11-,12+,13-,14-,15-,16+,17-,18-,19-,20-,21-,22-,23-,24-,26-,27-,28+/m1/s1. The Labute approximate surface area is 282 Å². The normalized spacial score (nSPS) is 50.8. The molecule has 4 saturated heterocycles. The van der Waals surface area contributed by atoms with Gasteiger partial charge in [-0.05, 0) is 25.8 Å². The number of carbonyl (C=O) groups excluding carboxylic acids is 1. The second-order valence-electron chi connectivity index (χ2n) is 13.5. The number of ether oxygens (including phenoxy) is 6. The lowest BCUT2D eigenvalue weighted by atomic mass is 9.84. The maximum Gasteiger partial charge on any atom is 0.237 e. The monoisotopic (exact) mass is 710 g/mol. The molecule has 284 valence electrons. The summed E-state index contributed by atoms with van der Waals surface area (Å²) in [5, 5.41) is 70.2. The van der Waals surface area contributed by atoms with Crippen molar-refractivity contribution < 1.29 is 63.9 Å². The van der Waals surface area contributed by atoms with Crippen molar-refractivity contribution in [1.82, 2.24) is 10.6 Å². The molecule has 0 aromatic carbocycles. The van der Waals surface area contributed by atoms with E-state index in [0.29, 0.717) is 13.0 Å². The Morgan fingerprint density at radius 1 is 0.673 bits per heavy atom. The third kappa shape index (κ3) is 8.20. The van der Waals surface area contributed by atoms with E-state index in [1.807, 2.05) is 0 Å². The van der Waals surface area contributed by atoms with E-state index in [-0.39, 0.29) is 32.0 Å². The summed E-state index contributed by atoms with van der Waals surface area (Å²) in [5.41, 5.74) is 36.2. The molecule has 1 amide bonds. The first kappa shape index (κ1) is 38.9. The van der Waals surface area contributed by atoms with Gasteiger partial charge in [-0.3, -0.25) is 4.79 Å². The van der Waals surface area contributed by atoms with E-state index in [1.54, 1.807) is 0 Å². The van der Waals surface area contributed by atoms with Crippen molar-refractivity contribution in [1.29, 1.82) is 0 Å². The first-order valence-corrected chi connectivity index (χ1v) is 16.7. The lowest BCUT2D eigenvalue weighted by Crippen LogP contribution is -2.68. The number of aliphatic hydroxyl groups excluding tert-OH is 6. The molecule has 21 nitrogen and oxygen atoms in total. The molecule has 20 atom stereocenters. The summed E-state index contributed by atoms with van der Waals surface area (Å²) in [4.78, 5) is 12.8. The van der Waals surface area contributed by atoms with Crippen LogP contribution in [0.3, 0.4) is 0 Å². The molecular weight excluding hydrogens is 656 g/mol. The van der Waals surface area contributed by atoms with E-state index in [2.05, 4.69) is 10.6 Å². The Hall–Kier alpha value is -1.29. The molecule has 0 spiro atoms. The smallest absolute Gasteiger partial charge is 0.237 e. The average Bonchev–Trinajstić information content (AvgIpc) is 3.73. The van der Waals surface area contributed by atoms with Crippen LogP contribution in [0, 0.1) is 0 Å². The fourth-order valence-electron chi connectivity index (χ4n) is 6.99. The number of aliphatic hydroxyl groups is 6. The van der Waals surface area contributed by atoms with Gasteiger partial charge < -0.3 is 104 Å². The van der Waals surface area contributed by atoms with Crippen molar-refractivity contribution in [2.75, 3.05) is 26.2 Å². The van der Waals surface area contributed by atoms with Gasteiger partial charge in [0.25, 0.3) is 0 Å². The van der Waals surface area contributed by atoms with Crippen LogP contribution in [0.5, 0.6) is 0 Å². The van der Waals surface area contributed by atoms with Gasteiger partial charge in [0.2, 0.25) is 5.91 Å². The molecule has 0 aromatic heterocycles. The zero-order valence-electron chi connectivity index (χ0n) is 27.0. The minimum Gasteiger partial charge on any atom is -0.389 e. The summed E-state index contributed by atoms with van der Waals surface area (Å²) >= 11 is 0. The van der Waals surface area contributed by atoms with Gasteiger partial charge in [-0.25, -0.2) is 0 Å². The van der Waals surface area contributed by atoms with Crippen molar-refractivity contribution in [3.8, 4) is 0 Å². The molecular formula is C28H54N8O13. The van der Waals surface area contributed by atoms with Crippen LogP contribution in [0.4, 0.5) is 0 Å². The molecule has 4 aliphatic heterocycles. The number of nitrogens with one attached hydrogen (secondary N) is 2. The van der Waals surface area contributed by atoms with Crippen LogP contribution in [-0.2, 0) is 33.2 Å². The summed E-state index contributed by atoms with van der Waals surface area (Å²) in [6, 6.07) is -4.67. The molecule has 5 aliphatic rings. The van der Waals surface area contributed by atoms with E-state index in [1.165, 1.54) is 0 Å². The van der Waals surface area contributed by atoms with Gasteiger partial charge in [-0.1, -0.05) is 0 Å². The van der Waals surface area contributed by atoms with Crippen LogP contribution < -0.4 is 45.0 Å². The minimum atomic E-state index is -1.61. The van der Waals surface area contributed by atoms with E-state index >= 15 is 0 Å². The second-order valence-corrected chi connectivity index (χ2v) is 13.5. The Kier molecular flexibility index (Phi) is 13.2. The molecule has 5 rings (SSSR count). The van der Waals surface area contributed by atoms with Crippen molar-refractivity contribution in [3.05, 3.63) is 0 Å². The van der Waals surface area contributed by atoms with Gasteiger partial charge in [0, 0.05) is 31.7 Å². The molecule has 4 heterocycles. The Morgan fingerprint density at radius 2 is 1.20 bits per heavy atom. The summed E-state index contributed by atoms with van der Waals surface area (Å²) < 4.78 is 35.8. The molecule has 0 radical (unpaired) electrons. The van der Waals surface area contributed by atoms with E-state index in [0.717, 1.165) is 6.42 Å². The van der Waals surface area contributed by atoms with Gasteiger partial charge in [0.15, 0.2) is 18.9 Å². The highest BCUT2D eigenvalue weighted by Gasteiger charge is 2.54. The quantitative estimate of drug-likeness (QED) is 0.0946. The van der Waals surface area contributed by atoms with Crippen LogP contribution in [0.15, 0.2) is 0 Å². The van der Waals surface area contributed by atoms with Crippen molar-refractivity contribution in [2.45, 2.75) is 142 Å². The van der Waals surface area contributed by atoms with Gasteiger partial charge in [0.1, 0.15) is 67.1 Å². The van der Waals surface area contributed by atoms with Crippen molar-refractivity contribution in [2.24, 2.45) is 34.4 Å². The molecule has 21 heteroatoms. The van der Waals surface area contributed by atoms with Crippen molar-refractivity contribution in [3.63, 3.8) is 0 Å². The number of hydrogen-bond acceptors (Lipinski definition) is 20. The molecule has 49 heavy (non-hydrogen) atoms. The first-order chi connectivity index (χ1) is 23.3. The summed E-state index contributed by atoms with van der Waals surface area (Å²) in [6.07, 6.45) is -18.4. The van der Waals surface area contributed by atoms with E-state index < -0.39 is 122 Å². The summed E-state index contributed by atoms with van der Waals surface area (Å²) in [5.74, 6) is -0.300. The average molecular weight is 711 g/mol. The largest absolute Gasteiger partial charge is 0.389 e. The Morgan fingerprint density at radius 3 is 1.73 bits per heavy atom. The lowest BCUT2D eigenvalue weighted by Gasteiger charge is -2.47. The zero-order chi connectivity index (χ0) is 35.7. The van der Waals surface area contributed by atoms with Gasteiger partial charge in [-0.15, -0.1) is 0 Å². The van der Waals surface area contributed by atoms with Crippen molar-refractivity contribution >= 4 is 5.91 Å². The molecule has 1 saturated carbocycles. The maximum absolute atomic E-state index is 12.8. The third-order valence-corrected chi connectivity index (χ3v) is 10.0. The molecule has 0 aromatic rings. The highest BCUT2D eigenvalue weighted by atomic mass is 16.8. The SMILES string of the molecule is NC[C@@H]1O[C@H](O[C@H]2[C@@H](O)[C@H](O[C@@H]3[C@@H](O)[C@H](N)C[C@H](N)[C@H]3O[C@H]3O[C@H](CN)[C@@H](O)[C@H](O)[C@H]3N)O[C@@H]2CNC(=O)[C@H]2CCCN2)[C@H](N)[C@@H](O)[C@@H]1O. The van der Waals surface area contributed by atoms with Gasteiger partial charge in [-0.2, -0.15) is 0 Å². The topological polar surface area (TPSA) is 374 Å². The molecule has 1 aliphatic carbocycles. The molecule has 5 fully saturated rings. The maximum atomic E-state index is 12.8. The zero-order valence-corrected chi connectivity index (χ0v) is 27.0. The summed E-state index contributed by atoms with van der Waals surface area (Å²) in [6.45, 7) is 0.186. The number of nitrogens with two attached hydrogens (primary N) is 6. The van der Waals surface area contributed by atoms with Crippen LogP contribution in [0.25, 0.3) is 0 Å². The number of hydrogen-bond donors (Lipinski definition) is 14. The fraction of sp³-hybridized carbons (Fsp3) is 0.964. The molecule has 0 unspecified atom stereocenters. The van der Waals surface area contributed by atoms with E-state index in [9.17, 15) is 35.4 Å². The fourth-order valence-corrected chi connectivity index (χ4v) is 6.99. The Bertz CT molecular complexity index is 1080. The van der Waals surface area contributed by atoms with Gasteiger partial charge in [0.05, 0.1) is 24.2 Å². The predicted octanol–water partition coefficient (Wildman–Crippen LogP) is -9.02. The number of amides is 1. The minimum absolute atomic E-state index is 0.0796. The number of carbonyl (C=O) groups is 1. The van der Waals surface area contributed by atoms with Crippen LogP contribution in [-0.4, -0.2) is 185 Å². The lowest BCUT2D eigenvalue weighted by molar-refractivity contribution is -0.306. The molecule has 20 N–H and O–H groups in total. The Balaban J connectivity index is 1.35. The van der Waals surface area contributed by atoms with Crippen LogP contribution >= 0.6 is 0 Å². The third-order valence-electron chi connectivity index (χ3n) is 10.0. The highest BCUT2D eigenvalue weighted by molar-refractivity contribution is 5.82. The van der Waals surface area contributed by atoms with Crippen LogP contribution in [0.1, 0.15) is 19.3 Å². The predicted molar refractivity (Wildman–Crippen MR) is 165 cm³/mol.